The molecule has 0 saturated heterocycles. The van der Waals surface area contributed by atoms with E-state index in [0.29, 0.717) is 23.8 Å². The third-order valence-corrected chi connectivity index (χ3v) is 1.97. The molecule has 0 aromatic carbocycles. The summed E-state index contributed by atoms with van der Waals surface area (Å²) in [5.41, 5.74) is 6.02. The Hall–Kier alpha value is -2.11. The summed E-state index contributed by atoms with van der Waals surface area (Å²) in [6, 6.07) is 2.80. The number of hydrogen-bond donors (Lipinski definition) is 1. The first-order valence-corrected chi connectivity index (χ1v) is 4.81. The van der Waals surface area contributed by atoms with Crippen LogP contribution in [0.3, 0.4) is 0 Å². The summed E-state index contributed by atoms with van der Waals surface area (Å²) in [6.07, 6.45) is 1.77. The Labute approximate surface area is 91.6 Å². The third kappa shape index (κ3) is 2.10. The molecule has 2 N–H and O–H groups in total. The monoisotopic (exact) mass is 219 g/mol. The van der Waals surface area contributed by atoms with Crippen molar-refractivity contribution in [1.29, 1.82) is 0 Å². The second kappa shape index (κ2) is 4.18. The molecule has 0 unspecified atom stereocenters. The summed E-state index contributed by atoms with van der Waals surface area (Å²) in [4.78, 5) is 15.9. The molecular formula is C10H10FN5. The van der Waals surface area contributed by atoms with Crippen molar-refractivity contribution >= 4 is 5.95 Å². The third-order valence-electron chi connectivity index (χ3n) is 1.97. The fourth-order valence-electron chi connectivity index (χ4n) is 1.22. The van der Waals surface area contributed by atoms with Crippen LogP contribution in [0.2, 0.25) is 0 Å². The zero-order valence-electron chi connectivity index (χ0n) is 8.68. The van der Waals surface area contributed by atoms with Gasteiger partial charge in [-0.25, -0.2) is 14.4 Å². The Morgan fingerprint density at radius 3 is 2.69 bits per heavy atom. The minimum absolute atomic E-state index is 0.146. The average molecular weight is 219 g/mol. The molecule has 2 heterocycles. The number of anilines is 1. The Morgan fingerprint density at radius 1 is 1.25 bits per heavy atom. The number of nitrogens with zero attached hydrogens (tertiary/aromatic N) is 4. The normalized spacial score (nSPS) is 10.4. The number of nitrogen functional groups attached to an aromatic ring is 1. The average Bonchev–Trinajstić information content (AvgIpc) is 2.29. The fourth-order valence-corrected chi connectivity index (χ4v) is 1.22. The van der Waals surface area contributed by atoms with E-state index in [-0.39, 0.29) is 5.95 Å². The number of aryl methyl sites for hydroxylation is 1. The molecule has 0 aliphatic heterocycles. The van der Waals surface area contributed by atoms with Crippen LogP contribution in [0.15, 0.2) is 18.3 Å². The van der Waals surface area contributed by atoms with Crippen LogP contribution in [0.4, 0.5) is 10.3 Å². The van der Waals surface area contributed by atoms with Crippen LogP contribution in [0.1, 0.15) is 12.7 Å². The lowest BCUT2D eigenvalue weighted by Gasteiger charge is -2.02. The molecule has 5 nitrogen and oxygen atoms in total. The van der Waals surface area contributed by atoms with Gasteiger partial charge >= 0.3 is 0 Å². The van der Waals surface area contributed by atoms with Gasteiger partial charge in [0.25, 0.3) is 0 Å². The molecule has 6 heteroatoms. The minimum Gasteiger partial charge on any atom is -0.368 e. The van der Waals surface area contributed by atoms with Crippen molar-refractivity contribution in [3.05, 3.63) is 30.0 Å². The van der Waals surface area contributed by atoms with Crippen molar-refractivity contribution in [2.24, 2.45) is 0 Å². The van der Waals surface area contributed by atoms with E-state index in [1.54, 1.807) is 0 Å². The predicted octanol–water partition coefficient (Wildman–Crippen LogP) is 1.22. The van der Waals surface area contributed by atoms with Gasteiger partial charge in [-0.1, -0.05) is 6.92 Å². The maximum Gasteiger partial charge on any atom is 0.223 e. The second-order valence-electron chi connectivity index (χ2n) is 3.15. The molecule has 2 aromatic heterocycles. The molecule has 0 spiro atoms. The molecule has 0 aliphatic rings. The fraction of sp³-hybridized carbons (Fsp3) is 0.200. The van der Waals surface area contributed by atoms with Crippen molar-refractivity contribution in [2.75, 3.05) is 5.73 Å². The number of halogens is 1. The summed E-state index contributed by atoms with van der Waals surface area (Å²) in [5.74, 6) is 0.701. The highest BCUT2D eigenvalue weighted by Gasteiger charge is 2.06. The minimum atomic E-state index is -0.401. The van der Waals surface area contributed by atoms with Crippen molar-refractivity contribution in [2.45, 2.75) is 13.3 Å². The molecule has 0 aliphatic carbocycles. The van der Waals surface area contributed by atoms with E-state index in [1.165, 1.54) is 12.1 Å². The Balaban J connectivity index is 2.47. The lowest BCUT2D eigenvalue weighted by atomic mass is 10.3. The first-order valence-electron chi connectivity index (χ1n) is 4.81. The van der Waals surface area contributed by atoms with Crippen LogP contribution in [0, 0.1) is 5.82 Å². The quantitative estimate of drug-likeness (QED) is 0.821. The van der Waals surface area contributed by atoms with Gasteiger partial charge in [0.05, 0.1) is 6.20 Å². The lowest BCUT2D eigenvalue weighted by molar-refractivity contribution is 0.621. The van der Waals surface area contributed by atoms with Gasteiger partial charge in [-0.15, -0.1) is 0 Å². The number of aromatic nitrogens is 4. The predicted molar refractivity (Wildman–Crippen MR) is 56.8 cm³/mol. The van der Waals surface area contributed by atoms with Gasteiger partial charge in [0.1, 0.15) is 17.3 Å². The maximum atomic E-state index is 12.7. The molecule has 2 rings (SSSR count). The van der Waals surface area contributed by atoms with Crippen molar-refractivity contribution in [3.63, 3.8) is 0 Å². The molecule has 0 bridgehead atoms. The van der Waals surface area contributed by atoms with Gasteiger partial charge < -0.3 is 5.73 Å². The highest BCUT2D eigenvalue weighted by Crippen LogP contribution is 2.12. The topological polar surface area (TPSA) is 77.6 Å². The van der Waals surface area contributed by atoms with Gasteiger partial charge in [-0.2, -0.15) is 9.97 Å². The van der Waals surface area contributed by atoms with Crippen LogP contribution in [0.5, 0.6) is 0 Å². The smallest absolute Gasteiger partial charge is 0.223 e. The Morgan fingerprint density at radius 2 is 2.06 bits per heavy atom. The van der Waals surface area contributed by atoms with Crippen molar-refractivity contribution < 1.29 is 4.39 Å². The highest BCUT2D eigenvalue weighted by atomic mass is 19.1. The van der Waals surface area contributed by atoms with E-state index in [9.17, 15) is 4.39 Å². The van der Waals surface area contributed by atoms with E-state index in [1.807, 2.05) is 6.92 Å². The van der Waals surface area contributed by atoms with E-state index >= 15 is 0 Å². The van der Waals surface area contributed by atoms with E-state index in [2.05, 4.69) is 19.9 Å². The summed E-state index contributed by atoms with van der Waals surface area (Å²) >= 11 is 0. The zero-order valence-corrected chi connectivity index (χ0v) is 8.68. The SMILES string of the molecule is CCc1nc(N)nc(-c2ccc(F)cn2)n1. The van der Waals surface area contributed by atoms with Crippen LogP contribution >= 0.6 is 0 Å². The molecule has 0 saturated carbocycles. The molecule has 16 heavy (non-hydrogen) atoms. The van der Waals surface area contributed by atoms with Gasteiger partial charge in [-0.05, 0) is 12.1 Å². The van der Waals surface area contributed by atoms with Crippen molar-refractivity contribution in [3.8, 4) is 11.5 Å². The van der Waals surface area contributed by atoms with Gasteiger partial charge in [0, 0.05) is 6.42 Å². The molecule has 2 aromatic rings. The Kier molecular flexibility index (Phi) is 2.72. The first kappa shape index (κ1) is 10.4. The van der Waals surface area contributed by atoms with Crippen LogP contribution in [-0.4, -0.2) is 19.9 Å². The summed E-state index contributed by atoms with van der Waals surface area (Å²) in [7, 11) is 0. The van der Waals surface area contributed by atoms with Crippen LogP contribution in [0.25, 0.3) is 11.5 Å². The van der Waals surface area contributed by atoms with E-state index in [0.717, 1.165) is 6.20 Å². The molecule has 0 atom stereocenters. The van der Waals surface area contributed by atoms with Crippen LogP contribution < -0.4 is 5.73 Å². The molecule has 0 amide bonds. The molecule has 0 radical (unpaired) electrons. The Bertz CT molecular complexity index is 497. The van der Waals surface area contributed by atoms with E-state index < -0.39 is 5.82 Å². The van der Waals surface area contributed by atoms with Crippen LogP contribution in [-0.2, 0) is 6.42 Å². The number of nitrogens with two attached hydrogens (primary N) is 1. The number of hydrogen-bond acceptors (Lipinski definition) is 5. The highest BCUT2D eigenvalue weighted by molar-refractivity contribution is 5.49. The van der Waals surface area contributed by atoms with Gasteiger partial charge in [0.15, 0.2) is 5.82 Å². The molecular weight excluding hydrogens is 209 g/mol. The van der Waals surface area contributed by atoms with E-state index in [4.69, 9.17) is 5.73 Å². The zero-order chi connectivity index (χ0) is 11.5. The summed E-state index contributed by atoms with van der Waals surface area (Å²) < 4.78 is 12.7. The largest absolute Gasteiger partial charge is 0.368 e. The summed E-state index contributed by atoms with van der Waals surface area (Å²) in [5, 5.41) is 0. The number of pyridine rings is 1. The molecule has 0 fully saturated rings. The number of rotatable bonds is 2. The summed E-state index contributed by atoms with van der Waals surface area (Å²) in [6.45, 7) is 1.91. The standard InChI is InChI=1S/C10H10FN5/c1-2-8-14-9(16-10(12)15-8)7-4-3-6(11)5-13-7/h3-5H,2H2,1H3,(H2,12,14,15,16). The lowest BCUT2D eigenvalue weighted by Crippen LogP contribution is -2.04. The second-order valence-corrected chi connectivity index (χ2v) is 3.15. The van der Waals surface area contributed by atoms with Gasteiger partial charge in [-0.3, -0.25) is 0 Å². The van der Waals surface area contributed by atoms with Crippen molar-refractivity contribution in [1.82, 2.24) is 19.9 Å². The first-order chi connectivity index (χ1) is 7.69. The maximum absolute atomic E-state index is 12.7. The van der Waals surface area contributed by atoms with Gasteiger partial charge in [0.2, 0.25) is 5.95 Å². The molecule has 82 valence electrons.